The third-order valence-corrected chi connectivity index (χ3v) is 3.93. The third kappa shape index (κ3) is 7.53. The van der Waals surface area contributed by atoms with Gasteiger partial charge in [0.2, 0.25) is 5.89 Å². The van der Waals surface area contributed by atoms with Crippen molar-refractivity contribution in [1.29, 1.82) is 0 Å². The van der Waals surface area contributed by atoms with Gasteiger partial charge in [0, 0.05) is 16.9 Å². The second-order valence-corrected chi connectivity index (χ2v) is 7.44. The monoisotopic (exact) mass is 536 g/mol. The Labute approximate surface area is 180 Å². The number of aromatic nitrogens is 1. The average Bonchev–Trinajstić information content (AvgIpc) is 3.05. The quantitative estimate of drug-likeness (QED) is 0.252. The number of hydrogen-bond donors (Lipinski definition) is 2. The zero-order valence-corrected chi connectivity index (χ0v) is 19.4. The van der Waals surface area contributed by atoms with Crippen LogP contribution in [0, 0.1) is 0 Å². The molecule has 0 unspecified atom stereocenters. The Morgan fingerprint density at radius 1 is 1.23 bits per heavy atom. The molecule has 0 saturated heterocycles. The molecular weight excluding hydrogens is 511 g/mol. The van der Waals surface area contributed by atoms with Crippen LogP contribution in [0.4, 0.5) is 0 Å². The summed E-state index contributed by atoms with van der Waals surface area (Å²) in [5, 5.41) is 6.37. The number of aliphatic imine (C=N–C) groups is 1. The van der Waals surface area contributed by atoms with Crippen LogP contribution in [0.3, 0.4) is 0 Å². The molecule has 144 valence electrons. The molecule has 0 bridgehead atoms. The van der Waals surface area contributed by atoms with Crippen LogP contribution < -0.4 is 15.4 Å². The number of hydrogen-bond acceptors (Lipinski definition) is 4. The van der Waals surface area contributed by atoms with Gasteiger partial charge in [0.15, 0.2) is 5.96 Å². The van der Waals surface area contributed by atoms with Gasteiger partial charge in [0.25, 0.3) is 0 Å². The van der Waals surface area contributed by atoms with Gasteiger partial charge in [0.1, 0.15) is 18.1 Å². The number of rotatable bonds is 6. The van der Waals surface area contributed by atoms with Gasteiger partial charge in [-0.2, -0.15) is 0 Å². The molecule has 0 aliphatic carbocycles. The SMILES string of the molecule is CN=C(NCCOc1ccc(Br)cc1)NCc1ncc(C(C)(C)C)o1.I. The van der Waals surface area contributed by atoms with E-state index in [1.807, 2.05) is 24.3 Å². The van der Waals surface area contributed by atoms with Crippen LogP contribution in [0.5, 0.6) is 5.75 Å². The summed E-state index contributed by atoms with van der Waals surface area (Å²) < 4.78 is 12.4. The molecule has 2 aromatic rings. The molecule has 26 heavy (non-hydrogen) atoms. The Morgan fingerprint density at radius 2 is 1.92 bits per heavy atom. The molecule has 0 fully saturated rings. The Balaban J connectivity index is 0.00000338. The minimum Gasteiger partial charge on any atom is -0.492 e. The lowest BCUT2D eigenvalue weighted by Crippen LogP contribution is -2.38. The molecule has 1 heterocycles. The average molecular weight is 537 g/mol. The largest absolute Gasteiger partial charge is 0.492 e. The van der Waals surface area contributed by atoms with Crippen molar-refractivity contribution in [2.45, 2.75) is 32.7 Å². The fourth-order valence-corrected chi connectivity index (χ4v) is 2.25. The molecule has 0 aliphatic heterocycles. The second-order valence-electron chi connectivity index (χ2n) is 6.52. The molecule has 0 atom stereocenters. The van der Waals surface area contributed by atoms with Crippen molar-refractivity contribution in [2.24, 2.45) is 4.99 Å². The highest BCUT2D eigenvalue weighted by atomic mass is 127. The number of ether oxygens (including phenoxy) is 1. The van der Waals surface area contributed by atoms with Gasteiger partial charge >= 0.3 is 0 Å². The Hall–Kier alpha value is -1.29. The van der Waals surface area contributed by atoms with E-state index in [0.717, 1.165) is 16.0 Å². The molecule has 1 aromatic carbocycles. The predicted molar refractivity (Wildman–Crippen MR) is 118 cm³/mol. The molecule has 2 N–H and O–H groups in total. The summed E-state index contributed by atoms with van der Waals surface area (Å²) in [5.74, 6) is 3.02. The summed E-state index contributed by atoms with van der Waals surface area (Å²) in [5.41, 5.74) is -0.0461. The molecule has 8 heteroatoms. The maximum absolute atomic E-state index is 5.75. The summed E-state index contributed by atoms with van der Waals surface area (Å²) >= 11 is 3.40. The smallest absolute Gasteiger partial charge is 0.213 e. The lowest BCUT2D eigenvalue weighted by Gasteiger charge is -2.13. The number of nitrogens with zero attached hydrogens (tertiary/aromatic N) is 2. The van der Waals surface area contributed by atoms with Gasteiger partial charge < -0.3 is 19.8 Å². The van der Waals surface area contributed by atoms with Crippen molar-refractivity contribution in [3.05, 3.63) is 46.6 Å². The van der Waals surface area contributed by atoms with E-state index >= 15 is 0 Å². The first kappa shape index (κ1) is 22.8. The number of oxazole rings is 1. The normalized spacial score (nSPS) is 11.7. The number of benzene rings is 1. The Kier molecular flexibility index (Phi) is 9.42. The van der Waals surface area contributed by atoms with Crippen LogP contribution >= 0.6 is 39.9 Å². The molecule has 6 nitrogen and oxygen atoms in total. The van der Waals surface area contributed by atoms with Gasteiger partial charge in [-0.05, 0) is 24.3 Å². The van der Waals surface area contributed by atoms with Gasteiger partial charge in [-0.3, -0.25) is 4.99 Å². The maximum Gasteiger partial charge on any atom is 0.213 e. The molecular formula is C18H26BrIN4O2. The van der Waals surface area contributed by atoms with E-state index in [1.54, 1.807) is 13.2 Å². The Bertz CT molecular complexity index is 696. The molecule has 0 amide bonds. The maximum atomic E-state index is 5.75. The third-order valence-electron chi connectivity index (χ3n) is 3.40. The van der Waals surface area contributed by atoms with Gasteiger partial charge in [-0.15, -0.1) is 24.0 Å². The van der Waals surface area contributed by atoms with E-state index in [1.165, 1.54) is 0 Å². The highest BCUT2D eigenvalue weighted by Crippen LogP contribution is 2.22. The highest BCUT2D eigenvalue weighted by molar-refractivity contribution is 14.0. The summed E-state index contributed by atoms with van der Waals surface area (Å²) in [6, 6.07) is 7.75. The lowest BCUT2D eigenvalue weighted by molar-refractivity contribution is 0.321. The van der Waals surface area contributed by atoms with E-state index in [0.29, 0.717) is 31.5 Å². The Morgan fingerprint density at radius 3 is 2.50 bits per heavy atom. The molecule has 2 rings (SSSR count). The van der Waals surface area contributed by atoms with Gasteiger partial charge in [-0.25, -0.2) is 4.98 Å². The van der Waals surface area contributed by atoms with Crippen LogP contribution in [0.2, 0.25) is 0 Å². The molecule has 1 aromatic heterocycles. The van der Waals surface area contributed by atoms with Crippen molar-refractivity contribution in [2.75, 3.05) is 20.2 Å². The van der Waals surface area contributed by atoms with E-state index < -0.39 is 0 Å². The van der Waals surface area contributed by atoms with Crippen molar-refractivity contribution in [3.63, 3.8) is 0 Å². The van der Waals surface area contributed by atoms with Gasteiger partial charge in [0.05, 0.1) is 19.3 Å². The number of guanidine groups is 1. The summed E-state index contributed by atoms with van der Waals surface area (Å²) in [7, 11) is 1.72. The minimum absolute atomic E-state index is 0. The first-order valence-electron chi connectivity index (χ1n) is 8.16. The van der Waals surface area contributed by atoms with Gasteiger partial charge in [-0.1, -0.05) is 36.7 Å². The first-order valence-corrected chi connectivity index (χ1v) is 8.96. The van der Waals surface area contributed by atoms with Crippen LogP contribution in [0.15, 0.2) is 44.3 Å². The van der Waals surface area contributed by atoms with Crippen molar-refractivity contribution >= 4 is 45.9 Å². The predicted octanol–water partition coefficient (Wildman–Crippen LogP) is 4.10. The number of nitrogens with one attached hydrogen (secondary N) is 2. The van der Waals surface area contributed by atoms with Crippen LogP contribution in [0.1, 0.15) is 32.4 Å². The molecule has 0 saturated carbocycles. The zero-order valence-electron chi connectivity index (χ0n) is 15.5. The fraction of sp³-hybridized carbons (Fsp3) is 0.444. The molecule has 0 radical (unpaired) electrons. The van der Waals surface area contributed by atoms with Crippen LogP contribution in [-0.2, 0) is 12.0 Å². The van der Waals surface area contributed by atoms with Crippen molar-refractivity contribution in [3.8, 4) is 5.75 Å². The summed E-state index contributed by atoms with van der Waals surface area (Å²) in [6.45, 7) is 7.93. The van der Waals surface area contributed by atoms with Crippen LogP contribution in [-0.4, -0.2) is 31.1 Å². The standard InChI is InChI=1S/C18H25BrN4O2.HI/c1-18(2,3)15-11-22-16(25-15)12-23-17(20-4)21-9-10-24-14-7-5-13(19)6-8-14;/h5-8,11H,9-10,12H2,1-4H3,(H2,20,21,23);1H. The summed E-state index contributed by atoms with van der Waals surface area (Å²) in [4.78, 5) is 8.47. The fourth-order valence-electron chi connectivity index (χ4n) is 1.99. The van der Waals surface area contributed by atoms with E-state index in [4.69, 9.17) is 9.15 Å². The topological polar surface area (TPSA) is 71.7 Å². The minimum atomic E-state index is -0.0461. The zero-order chi connectivity index (χ0) is 18.3. The van der Waals surface area contributed by atoms with E-state index in [9.17, 15) is 0 Å². The lowest BCUT2D eigenvalue weighted by atomic mass is 9.94. The van der Waals surface area contributed by atoms with E-state index in [2.05, 4.69) is 57.3 Å². The second kappa shape index (κ2) is 10.8. The first-order chi connectivity index (χ1) is 11.9. The summed E-state index contributed by atoms with van der Waals surface area (Å²) in [6.07, 6.45) is 1.78. The highest BCUT2D eigenvalue weighted by Gasteiger charge is 2.19. The van der Waals surface area contributed by atoms with Crippen molar-refractivity contribution < 1.29 is 9.15 Å². The number of halogens is 2. The van der Waals surface area contributed by atoms with Crippen molar-refractivity contribution in [1.82, 2.24) is 15.6 Å². The van der Waals surface area contributed by atoms with Crippen LogP contribution in [0.25, 0.3) is 0 Å². The molecule has 0 spiro atoms. The molecule has 0 aliphatic rings. The van der Waals surface area contributed by atoms with E-state index in [-0.39, 0.29) is 29.4 Å².